The summed E-state index contributed by atoms with van der Waals surface area (Å²) in [6.45, 7) is 7.90. The van der Waals surface area contributed by atoms with Crippen LogP contribution in [-0.2, 0) is 0 Å². The molecule has 2 fully saturated rings. The molecule has 3 rings (SSSR count). The Morgan fingerprint density at radius 1 is 1.41 bits per heavy atom. The summed E-state index contributed by atoms with van der Waals surface area (Å²) in [6, 6.07) is 0.724. The SMILES string of the molecule is Cc1nc(C)c(SN2CC3(CCC3)CC2C)s1. The largest absolute Gasteiger partial charge is 0.246 e. The molecule has 17 heavy (non-hydrogen) atoms. The Balaban J connectivity index is 1.71. The van der Waals surface area contributed by atoms with Crippen LogP contribution in [0.2, 0.25) is 0 Å². The van der Waals surface area contributed by atoms with Crippen molar-refractivity contribution in [3.05, 3.63) is 10.7 Å². The van der Waals surface area contributed by atoms with Gasteiger partial charge in [-0.15, -0.1) is 11.3 Å². The van der Waals surface area contributed by atoms with E-state index in [0.29, 0.717) is 5.41 Å². The Hall–Kier alpha value is -0.0600. The van der Waals surface area contributed by atoms with Crippen molar-refractivity contribution in [1.29, 1.82) is 0 Å². The van der Waals surface area contributed by atoms with Crippen LogP contribution in [0.3, 0.4) is 0 Å². The fourth-order valence-electron chi connectivity index (χ4n) is 3.14. The lowest BCUT2D eigenvalue weighted by Crippen LogP contribution is -2.31. The molecule has 1 aromatic heterocycles. The topological polar surface area (TPSA) is 16.1 Å². The van der Waals surface area contributed by atoms with E-state index >= 15 is 0 Å². The molecule has 2 heterocycles. The molecule has 0 bridgehead atoms. The maximum atomic E-state index is 4.52. The first-order valence-electron chi connectivity index (χ1n) is 6.47. The first-order valence-corrected chi connectivity index (χ1v) is 8.06. The van der Waals surface area contributed by atoms with Crippen LogP contribution in [0.15, 0.2) is 4.21 Å². The van der Waals surface area contributed by atoms with Crippen LogP contribution in [-0.4, -0.2) is 21.9 Å². The molecule has 1 atom stereocenters. The predicted octanol–water partition coefficient (Wildman–Crippen LogP) is 4.03. The van der Waals surface area contributed by atoms with Crippen LogP contribution in [0.4, 0.5) is 0 Å². The standard InChI is InChI=1S/C13H20N2S2/c1-9-7-13(5-4-6-13)8-15(9)17-12-10(2)14-11(3)16-12/h9H,4-8H2,1-3H3. The third kappa shape index (κ3) is 2.15. The second-order valence-electron chi connectivity index (χ2n) is 5.68. The van der Waals surface area contributed by atoms with Crippen LogP contribution in [0.25, 0.3) is 0 Å². The maximum Gasteiger partial charge on any atom is 0.0983 e. The van der Waals surface area contributed by atoms with Gasteiger partial charge in [0.15, 0.2) is 0 Å². The second-order valence-corrected chi connectivity index (χ2v) is 8.20. The number of aryl methyl sites for hydroxylation is 2. The number of aromatic nitrogens is 1. The predicted molar refractivity (Wildman–Crippen MR) is 74.5 cm³/mol. The molecule has 1 saturated carbocycles. The zero-order valence-corrected chi connectivity index (χ0v) is 12.5. The van der Waals surface area contributed by atoms with Crippen molar-refractivity contribution in [3.8, 4) is 0 Å². The molecular formula is C13H20N2S2. The van der Waals surface area contributed by atoms with Crippen LogP contribution >= 0.6 is 23.3 Å². The fraction of sp³-hybridized carbons (Fsp3) is 0.769. The molecule has 1 aliphatic heterocycles. The summed E-state index contributed by atoms with van der Waals surface area (Å²) in [5.74, 6) is 0. The quantitative estimate of drug-likeness (QED) is 0.753. The van der Waals surface area contributed by atoms with E-state index < -0.39 is 0 Å². The molecule has 0 amide bonds. The monoisotopic (exact) mass is 268 g/mol. The minimum Gasteiger partial charge on any atom is -0.246 e. The first kappa shape index (κ1) is 12.0. The van der Waals surface area contributed by atoms with E-state index in [0.717, 1.165) is 6.04 Å². The Morgan fingerprint density at radius 3 is 2.65 bits per heavy atom. The third-order valence-electron chi connectivity index (χ3n) is 4.19. The molecule has 2 aliphatic rings. The van der Waals surface area contributed by atoms with Gasteiger partial charge in [-0.3, -0.25) is 0 Å². The molecule has 1 spiro atoms. The summed E-state index contributed by atoms with van der Waals surface area (Å²) in [6.07, 6.45) is 5.75. The van der Waals surface area contributed by atoms with Crippen LogP contribution in [0, 0.1) is 19.3 Å². The molecule has 2 nitrogen and oxygen atoms in total. The highest BCUT2D eigenvalue weighted by Gasteiger charge is 2.46. The molecule has 94 valence electrons. The lowest BCUT2D eigenvalue weighted by Gasteiger charge is -2.38. The van der Waals surface area contributed by atoms with E-state index in [9.17, 15) is 0 Å². The van der Waals surface area contributed by atoms with Crippen LogP contribution in [0.1, 0.15) is 43.3 Å². The van der Waals surface area contributed by atoms with Gasteiger partial charge in [0.1, 0.15) is 0 Å². The summed E-state index contributed by atoms with van der Waals surface area (Å²) in [5, 5.41) is 1.19. The van der Waals surface area contributed by atoms with Crippen LogP contribution in [0.5, 0.6) is 0 Å². The molecule has 4 heteroatoms. The third-order valence-corrected chi connectivity index (χ3v) is 6.71. The molecule has 1 aromatic rings. The van der Waals surface area contributed by atoms with Gasteiger partial charge >= 0.3 is 0 Å². The highest BCUT2D eigenvalue weighted by molar-refractivity contribution is 7.99. The Bertz CT molecular complexity index is 423. The van der Waals surface area contributed by atoms with Gasteiger partial charge in [-0.05, 0) is 57.4 Å². The van der Waals surface area contributed by atoms with Crippen molar-refractivity contribution in [1.82, 2.24) is 9.29 Å². The molecule has 1 saturated heterocycles. The van der Waals surface area contributed by atoms with Gasteiger partial charge in [-0.1, -0.05) is 6.42 Å². The second kappa shape index (κ2) is 4.25. The normalized spacial score (nSPS) is 27.6. The van der Waals surface area contributed by atoms with Gasteiger partial charge < -0.3 is 0 Å². The lowest BCUT2D eigenvalue weighted by molar-refractivity contribution is 0.154. The fourth-order valence-corrected chi connectivity index (χ4v) is 5.57. The van der Waals surface area contributed by atoms with Gasteiger partial charge in [-0.25, -0.2) is 9.29 Å². The van der Waals surface area contributed by atoms with E-state index in [4.69, 9.17) is 0 Å². The van der Waals surface area contributed by atoms with E-state index in [1.54, 1.807) is 0 Å². The van der Waals surface area contributed by atoms with Gasteiger partial charge in [0.2, 0.25) is 0 Å². The average molecular weight is 268 g/mol. The zero-order chi connectivity index (χ0) is 12.0. The summed E-state index contributed by atoms with van der Waals surface area (Å²) < 4.78 is 3.99. The molecule has 1 unspecified atom stereocenters. The smallest absolute Gasteiger partial charge is 0.0983 e. The van der Waals surface area contributed by atoms with Gasteiger partial charge in [0.25, 0.3) is 0 Å². The molecule has 0 N–H and O–H groups in total. The van der Waals surface area contributed by atoms with E-state index in [2.05, 4.69) is 30.1 Å². The van der Waals surface area contributed by atoms with Crippen LogP contribution < -0.4 is 0 Å². The van der Waals surface area contributed by atoms with E-state index in [1.807, 2.05) is 23.3 Å². The Kier molecular flexibility index (Phi) is 3.00. The minimum atomic E-state index is 0.681. The van der Waals surface area contributed by atoms with E-state index in [1.165, 1.54) is 47.1 Å². The van der Waals surface area contributed by atoms with Crippen molar-refractivity contribution in [2.45, 2.75) is 56.7 Å². The Morgan fingerprint density at radius 2 is 2.18 bits per heavy atom. The maximum absolute atomic E-state index is 4.52. The molecule has 1 aliphatic carbocycles. The number of hydrogen-bond donors (Lipinski definition) is 0. The van der Waals surface area contributed by atoms with E-state index in [-0.39, 0.29) is 0 Å². The molecule has 0 aromatic carbocycles. The first-order chi connectivity index (χ1) is 8.08. The zero-order valence-electron chi connectivity index (χ0n) is 10.8. The number of nitrogens with zero attached hydrogens (tertiary/aromatic N) is 2. The number of thiazole rings is 1. The molecular weight excluding hydrogens is 248 g/mol. The number of rotatable bonds is 2. The highest BCUT2D eigenvalue weighted by atomic mass is 32.2. The summed E-state index contributed by atoms with van der Waals surface area (Å²) in [5.41, 5.74) is 1.89. The summed E-state index contributed by atoms with van der Waals surface area (Å²) in [7, 11) is 0. The minimum absolute atomic E-state index is 0.681. The van der Waals surface area contributed by atoms with Crippen molar-refractivity contribution in [2.24, 2.45) is 5.41 Å². The van der Waals surface area contributed by atoms with Crippen molar-refractivity contribution in [3.63, 3.8) is 0 Å². The average Bonchev–Trinajstić information content (AvgIpc) is 2.69. The summed E-state index contributed by atoms with van der Waals surface area (Å²) in [4.78, 5) is 4.52. The molecule has 0 radical (unpaired) electrons. The summed E-state index contributed by atoms with van der Waals surface area (Å²) >= 11 is 3.79. The Labute approximate surface area is 112 Å². The highest BCUT2D eigenvalue weighted by Crippen LogP contribution is 2.52. The van der Waals surface area contributed by atoms with Gasteiger partial charge in [0, 0.05) is 12.6 Å². The van der Waals surface area contributed by atoms with Crippen molar-refractivity contribution < 1.29 is 0 Å². The number of hydrogen-bond acceptors (Lipinski definition) is 4. The van der Waals surface area contributed by atoms with Gasteiger partial charge in [-0.2, -0.15) is 0 Å². The van der Waals surface area contributed by atoms with Crippen molar-refractivity contribution in [2.75, 3.05) is 6.54 Å². The van der Waals surface area contributed by atoms with Gasteiger partial charge in [0.05, 0.1) is 14.9 Å². The van der Waals surface area contributed by atoms with Crippen molar-refractivity contribution >= 4 is 23.3 Å². The lowest BCUT2D eigenvalue weighted by atomic mass is 9.68.